The molecule has 0 saturated heterocycles. The van der Waals surface area contributed by atoms with Crippen LogP contribution in [0.1, 0.15) is 41.2 Å². The number of hydrogen-bond acceptors (Lipinski definition) is 4. The Morgan fingerprint density at radius 2 is 1.46 bits per heavy atom. The molecule has 46 heavy (non-hydrogen) atoms. The third-order valence-electron chi connectivity index (χ3n) is 7.73. The summed E-state index contributed by atoms with van der Waals surface area (Å²) in [6.45, 7) is 7.22. The molecule has 2 amide bonds. The van der Waals surface area contributed by atoms with Gasteiger partial charge >= 0.3 is 0 Å². The van der Waals surface area contributed by atoms with E-state index in [2.05, 4.69) is 5.32 Å². The van der Waals surface area contributed by atoms with E-state index < -0.39 is 28.5 Å². The molecule has 0 unspecified atom stereocenters. The number of benzene rings is 4. The maximum atomic E-state index is 14.6. The molecule has 0 bridgehead atoms. The van der Waals surface area contributed by atoms with Crippen molar-refractivity contribution in [1.82, 2.24) is 10.2 Å². The molecule has 0 aliphatic rings. The number of hydrogen-bond donors (Lipinski definition) is 1. The Labute approximate surface area is 282 Å². The molecule has 4 aromatic rings. The maximum Gasteiger partial charge on any atom is 0.264 e. The predicted octanol–water partition coefficient (Wildman–Crippen LogP) is 7.28. The van der Waals surface area contributed by atoms with Crippen LogP contribution in [0.2, 0.25) is 10.0 Å². The van der Waals surface area contributed by atoms with Crippen LogP contribution >= 0.6 is 23.2 Å². The minimum atomic E-state index is -4.21. The lowest BCUT2D eigenvalue weighted by atomic mass is 10.0. The summed E-state index contributed by atoms with van der Waals surface area (Å²) in [6, 6.07) is 25.4. The zero-order chi connectivity index (χ0) is 33.4. The largest absolute Gasteiger partial charge is 0.354 e. The molecular weight excluding hydrogens is 641 g/mol. The average molecular weight is 681 g/mol. The van der Waals surface area contributed by atoms with Gasteiger partial charge in [-0.2, -0.15) is 0 Å². The summed E-state index contributed by atoms with van der Waals surface area (Å²) in [5.74, 6) is -0.943. The van der Waals surface area contributed by atoms with E-state index in [0.29, 0.717) is 39.8 Å². The van der Waals surface area contributed by atoms with E-state index in [-0.39, 0.29) is 23.8 Å². The summed E-state index contributed by atoms with van der Waals surface area (Å²) < 4.78 is 29.7. The number of sulfonamides is 1. The Balaban J connectivity index is 1.86. The quantitative estimate of drug-likeness (QED) is 0.161. The Bertz CT molecular complexity index is 1760. The SMILES string of the molecule is CCCNC(=O)[C@@H](Cc1ccccc1)N(Cc1c(Cl)cccc1Cl)C(=O)CN(c1cc(C)ccc1C)S(=O)(=O)c1ccc(C)cc1. The zero-order valence-corrected chi connectivity index (χ0v) is 28.8. The molecule has 0 spiro atoms. The highest BCUT2D eigenvalue weighted by Gasteiger charge is 2.35. The zero-order valence-electron chi connectivity index (χ0n) is 26.5. The van der Waals surface area contributed by atoms with Crippen LogP contribution in [0.3, 0.4) is 0 Å². The van der Waals surface area contributed by atoms with Gasteiger partial charge < -0.3 is 10.2 Å². The molecule has 242 valence electrons. The standard InChI is InChI=1S/C36H39Cl2N3O4S/c1-5-20-39-36(43)34(22-28-10-7-6-8-11-28)40(23-30-31(37)12-9-13-32(30)38)35(42)24-41(33-21-26(3)14-17-27(33)4)46(44,45)29-18-15-25(2)16-19-29/h6-19,21,34H,5,20,22-24H2,1-4H3,(H,39,43)/t34-/m1/s1. The molecule has 0 radical (unpaired) electrons. The van der Waals surface area contributed by atoms with Gasteiger partial charge in [0.1, 0.15) is 12.6 Å². The first kappa shape index (κ1) is 35.0. The van der Waals surface area contributed by atoms with Crippen molar-refractivity contribution in [3.8, 4) is 0 Å². The van der Waals surface area contributed by atoms with Crippen molar-refractivity contribution in [3.63, 3.8) is 0 Å². The number of amides is 2. The van der Waals surface area contributed by atoms with Crippen LogP contribution in [0.25, 0.3) is 0 Å². The Kier molecular flexibility index (Phi) is 11.9. The third kappa shape index (κ3) is 8.49. The van der Waals surface area contributed by atoms with Crippen LogP contribution in [-0.2, 0) is 32.6 Å². The number of carbonyl (C=O) groups excluding carboxylic acids is 2. The molecule has 1 atom stereocenters. The van der Waals surface area contributed by atoms with Gasteiger partial charge in [0.25, 0.3) is 10.0 Å². The second kappa shape index (κ2) is 15.6. The minimum Gasteiger partial charge on any atom is -0.354 e. The van der Waals surface area contributed by atoms with Gasteiger partial charge in [0.05, 0.1) is 10.6 Å². The van der Waals surface area contributed by atoms with Crippen molar-refractivity contribution in [2.24, 2.45) is 0 Å². The van der Waals surface area contributed by atoms with Crippen LogP contribution in [-0.4, -0.2) is 44.3 Å². The first-order valence-corrected chi connectivity index (χ1v) is 17.3. The molecule has 0 aromatic heterocycles. The molecule has 4 rings (SSSR count). The van der Waals surface area contributed by atoms with Gasteiger partial charge in [-0.05, 0) is 74.2 Å². The number of halogens is 2. The maximum absolute atomic E-state index is 14.6. The van der Waals surface area contributed by atoms with Crippen LogP contribution in [0.5, 0.6) is 0 Å². The second-order valence-electron chi connectivity index (χ2n) is 11.3. The monoisotopic (exact) mass is 679 g/mol. The molecule has 4 aromatic carbocycles. The molecule has 0 aliphatic carbocycles. The van der Waals surface area contributed by atoms with E-state index in [1.54, 1.807) is 43.3 Å². The molecular formula is C36H39Cl2N3O4S. The highest BCUT2D eigenvalue weighted by Crippen LogP contribution is 2.31. The fourth-order valence-corrected chi connectivity index (χ4v) is 7.10. The first-order chi connectivity index (χ1) is 21.9. The molecule has 7 nitrogen and oxygen atoms in total. The minimum absolute atomic E-state index is 0.0500. The van der Waals surface area contributed by atoms with Gasteiger partial charge in [-0.25, -0.2) is 8.42 Å². The van der Waals surface area contributed by atoms with E-state index in [4.69, 9.17) is 23.2 Å². The molecule has 1 N–H and O–H groups in total. The molecule has 0 fully saturated rings. The van der Waals surface area contributed by atoms with Crippen molar-refractivity contribution in [3.05, 3.63) is 129 Å². The normalized spacial score (nSPS) is 12.0. The van der Waals surface area contributed by atoms with Gasteiger partial charge in [-0.1, -0.05) is 96.4 Å². The van der Waals surface area contributed by atoms with E-state index in [1.165, 1.54) is 17.0 Å². The number of nitrogens with one attached hydrogen (secondary N) is 1. The summed E-state index contributed by atoms with van der Waals surface area (Å²) in [4.78, 5) is 29.9. The van der Waals surface area contributed by atoms with Gasteiger partial charge in [-0.15, -0.1) is 0 Å². The van der Waals surface area contributed by atoms with Gasteiger partial charge in [0.2, 0.25) is 11.8 Å². The lowest BCUT2D eigenvalue weighted by molar-refractivity contribution is -0.140. The van der Waals surface area contributed by atoms with Crippen molar-refractivity contribution in [2.45, 2.75) is 58.0 Å². The molecule has 0 aliphatic heterocycles. The van der Waals surface area contributed by atoms with E-state index in [0.717, 1.165) is 21.0 Å². The smallest absolute Gasteiger partial charge is 0.264 e. The number of anilines is 1. The average Bonchev–Trinajstić information content (AvgIpc) is 3.03. The molecule has 10 heteroatoms. The van der Waals surface area contributed by atoms with Crippen molar-refractivity contribution in [1.29, 1.82) is 0 Å². The number of nitrogens with zero attached hydrogens (tertiary/aromatic N) is 2. The fraction of sp³-hybridized carbons (Fsp3) is 0.278. The Hall–Kier alpha value is -3.85. The van der Waals surface area contributed by atoms with E-state index >= 15 is 0 Å². The van der Waals surface area contributed by atoms with Gasteiger partial charge in [0, 0.05) is 35.1 Å². The Morgan fingerprint density at radius 3 is 2.09 bits per heavy atom. The first-order valence-electron chi connectivity index (χ1n) is 15.1. The summed E-state index contributed by atoms with van der Waals surface area (Å²) in [5.41, 5.74) is 4.08. The molecule has 0 heterocycles. The van der Waals surface area contributed by atoms with Crippen LogP contribution in [0.15, 0.2) is 95.9 Å². The number of aryl methyl sites for hydroxylation is 3. The summed E-state index contributed by atoms with van der Waals surface area (Å²) >= 11 is 13.2. The van der Waals surface area contributed by atoms with E-state index in [1.807, 2.05) is 63.2 Å². The lowest BCUT2D eigenvalue weighted by Gasteiger charge is -2.34. The fourth-order valence-electron chi connectivity index (χ4n) is 5.11. The van der Waals surface area contributed by atoms with Crippen LogP contribution < -0.4 is 9.62 Å². The van der Waals surface area contributed by atoms with Crippen LogP contribution in [0, 0.1) is 20.8 Å². The topological polar surface area (TPSA) is 86.8 Å². The van der Waals surface area contributed by atoms with Crippen molar-refractivity contribution < 1.29 is 18.0 Å². The predicted molar refractivity (Wildman–Crippen MR) is 186 cm³/mol. The molecule has 0 saturated carbocycles. The highest BCUT2D eigenvalue weighted by atomic mass is 35.5. The Morgan fingerprint density at radius 1 is 0.826 bits per heavy atom. The van der Waals surface area contributed by atoms with E-state index in [9.17, 15) is 18.0 Å². The van der Waals surface area contributed by atoms with Gasteiger partial charge in [-0.3, -0.25) is 13.9 Å². The van der Waals surface area contributed by atoms with Crippen molar-refractivity contribution >= 4 is 50.7 Å². The van der Waals surface area contributed by atoms with Crippen molar-refractivity contribution in [2.75, 3.05) is 17.4 Å². The van der Waals surface area contributed by atoms with Crippen LogP contribution in [0.4, 0.5) is 5.69 Å². The summed E-state index contributed by atoms with van der Waals surface area (Å²) in [7, 11) is -4.21. The second-order valence-corrected chi connectivity index (χ2v) is 14.0. The summed E-state index contributed by atoms with van der Waals surface area (Å²) in [6.07, 6.45) is 0.891. The highest BCUT2D eigenvalue weighted by molar-refractivity contribution is 7.92. The number of rotatable bonds is 13. The lowest BCUT2D eigenvalue weighted by Crippen LogP contribution is -2.53. The van der Waals surface area contributed by atoms with Gasteiger partial charge in [0.15, 0.2) is 0 Å². The third-order valence-corrected chi connectivity index (χ3v) is 10.2. The number of carbonyl (C=O) groups is 2. The summed E-state index contributed by atoms with van der Waals surface area (Å²) in [5, 5.41) is 3.60.